The largest absolute Gasteiger partial charge is 0.252 e. The molecule has 1 aliphatic carbocycles. The van der Waals surface area contributed by atoms with Gasteiger partial charge in [0.2, 0.25) is 0 Å². The topological polar surface area (TPSA) is 12.9 Å². The Bertz CT molecular complexity index is 1060. The molecule has 1 heterocycles. The molecular formula is C21H15N. The van der Waals surface area contributed by atoms with Crippen LogP contribution in [0, 0.1) is 6.92 Å². The number of hydrogen-bond acceptors (Lipinski definition) is 1. The molecule has 3 aromatic carbocycles. The molecule has 0 radical (unpaired) electrons. The minimum Gasteiger partial charge on any atom is -0.252 e. The molecule has 0 aliphatic heterocycles. The van der Waals surface area contributed by atoms with E-state index in [1.807, 2.05) is 0 Å². The van der Waals surface area contributed by atoms with Gasteiger partial charge in [-0.1, -0.05) is 60.7 Å². The molecule has 22 heavy (non-hydrogen) atoms. The summed E-state index contributed by atoms with van der Waals surface area (Å²) < 4.78 is 0. The smallest absolute Gasteiger partial charge is 0.0789 e. The Morgan fingerprint density at radius 1 is 0.818 bits per heavy atom. The van der Waals surface area contributed by atoms with E-state index in [-0.39, 0.29) is 0 Å². The van der Waals surface area contributed by atoms with Gasteiger partial charge in [0.15, 0.2) is 0 Å². The Balaban J connectivity index is 2.01. The van der Waals surface area contributed by atoms with Crippen molar-refractivity contribution in [3.05, 3.63) is 77.5 Å². The number of hydrogen-bond donors (Lipinski definition) is 0. The summed E-state index contributed by atoms with van der Waals surface area (Å²) in [7, 11) is 0. The van der Waals surface area contributed by atoms with E-state index in [0.717, 1.165) is 17.6 Å². The van der Waals surface area contributed by atoms with Gasteiger partial charge >= 0.3 is 0 Å². The van der Waals surface area contributed by atoms with E-state index in [4.69, 9.17) is 4.98 Å². The molecule has 0 spiro atoms. The molecule has 0 N–H and O–H groups in total. The van der Waals surface area contributed by atoms with Crippen molar-refractivity contribution in [3.63, 3.8) is 0 Å². The normalized spacial score (nSPS) is 12.6. The summed E-state index contributed by atoms with van der Waals surface area (Å²) in [6.45, 7) is 2.14. The molecule has 0 fully saturated rings. The van der Waals surface area contributed by atoms with Crippen LogP contribution in [0.4, 0.5) is 0 Å². The van der Waals surface area contributed by atoms with Crippen LogP contribution >= 0.6 is 0 Å². The molecule has 0 bridgehead atoms. The second-order valence-electron chi connectivity index (χ2n) is 6.07. The molecule has 1 aliphatic rings. The maximum absolute atomic E-state index is 4.96. The third kappa shape index (κ3) is 1.46. The van der Waals surface area contributed by atoms with Crippen molar-refractivity contribution in [2.45, 2.75) is 13.3 Å². The van der Waals surface area contributed by atoms with Crippen molar-refractivity contribution in [1.82, 2.24) is 4.98 Å². The Morgan fingerprint density at radius 2 is 1.64 bits per heavy atom. The summed E-state index contributed by atoms with van der Waals surface area (Å²) in [5.74, 6) is 0. The molecule has 0 unspecified atom stereocenters. The Hall–Kier alpha value is -2.67. The first-order chi connectivity index (χ1) is 10.8. The Morgan fingerprint density at radius 3 is 2.59 bits per heavy atom. The minimum absolute atomic E-state index is 1.01. The standard InChI is InChI=1S/C21H15N/c1-13-19-12-15-7-3-4-8-16(15)20(19)18-11-10-14-6-2-5-9-17(14)21(18)22-13/h2-11H,12H2,1H3. The van der Waals surface area contributed by atoms with Crippen LogP contribution in [0.5, 0.6) is 0 Å². The third-order valence-electron chi connectivity index (χ3n) is 4.84. The highest BCUT2D eigenvalue weighted by Crippen LogP contribution is 2.43. The van der Waals surface area contributed by atoms with E-state index in [0.29, 0.717) is 0 Å². The predicted octanol–water partition coefficient (Wildman–Crippen LogP) is 5.27. The number of rotatable bonds is 0. The van der Waals surface area contributed by atoms with E-state index in [1.54, 1.807) is 0 Å². The van der Waals surface area contributed by atoms with Gasteiger partial charge in [0.05, 0.1) is 5.52 Å². The minimum atomic E-state index is 1.01. The zero-order valence-corrected chi connectivity index (χ0v) is 12.4. The van der Waals surface area contributed by atoms with Gasteiger partial charge in [0, 0.05) is 22.9 Å². The van der Waals surface area contributed by atoms with Crippen molar-refractivity contribution in [1.29, 1.82) is 0 Å². The molecular weight excluding hydrogens is 266 g/mol. The van der Waals surface area contributed by atoms with Gasteiger partial charge in [-0.2, -0.15) is 0 Å². The first-order valence-corrected chi connectivity index (χ1v) is 7.72. The molecule has 0 saturated heterocycles. The van der Waals surface area contributed by atoms with Crippen LogP contribution < -0.4 is 0 Å². The van der Waals surface area contributed by atoms with E-state index in [2.05, 4.69) is 67.6 Å². The summed E-state index contributed by atoms with van der Waals surface area (Å²) >= 11 is 0. The quantitative estimate of drug-likeness (QED) is 0.352. The second kappa shape index (κ2) is 4.17. The van der Waals surface area contributed by atoms with Crippen LogP contribution in [0.3, 0.4) is 0 Å². The van der Waals surface area contributed by atoms with Gasteiger partial charge in [-0.15, -0.1) is 0 Å². The lowest BCUT2D eigenvalue weighted by atomic mass is 9.97. The average molecular weight is 281 g/mol. The highest BCUT2D eigenvalue weighted by molar-refractivity contribution is 6.11. The van der Waals surface area contributed by atoms with Crippen LogP contribution in [-0.2, 0) is 6.42 Å². The number of benzene rings is 3. The third-order valence-corrected chi connectivity index (χ3v) is 4.84. The number of aryl methyl sites for hydroxylation is 1. The fourth-order valence-corrected chi connectivity index (χ4v) is 3.79. The average Bonchev–Trinajstić information content (AvgIpc) is 2.95. The molecule has 0 saturated carbocycles. The summed E-state index contributed by atoms with van der Waals surface area (Å²) in [5.41, 5.74) is 7.88. The monoisotopic (exact) mass is 281 g/mol. The highest BCUT2D eigenvalue weighted by Gasteiger charge is 2.23. The molecule has 4 aromatic rings. The zero-order chi connectivity index (χ0) is 14.7. The summed E-state index contributed by atoms with van der Waals surface area (Å²) in [6.07, 6.45) is 1.01. The van der Waals surface area contributed by atoms with Crippen molar-refractivity contribution in [2.24, 2.45) is 0 Å². The van der Waals surface area contributed by atoms with E-state index in [9.17, 15) is 0 Å². The van der Waals surface area contributed by atoms with Gasteiger partial charge in [-0.3, -0.25) is 4.98 Å². The van der Waals surface area contributed by atoms with Crippen molar-refractivity contribution >= 4 is 21.7 Å². The lowest BCUT2D eigenvalue weighted by Gasteiger charge is -2.11. The number of pyridine rings is 1. The van der Waals surface area contributed by atoms with Crippen LogP contribution in [0.25, 0.3) is 32.8 Å². The number of fused-ring (bicyclic) bond motifs is 7. The van der Waals surface area contributed by atoms with E-state index in [1.165, 1.54) is 38.4 Å². The first-order valence-electron chi connectivity index (χ1n) is 7.72. The Kier molecular flexibility index (Phi) is 2.26. The fraction of sp³-hybridized carbons (Fsp3) is 0.0952. The van der Waals surface area contributed by atoms with Crippen LogP contribution in [0.1, 0.15) is 16.8 Å². The Labute approximate surface area is 129 Å². The number of aromatic nitrogens is 1. The maximum Gasteiger partial charge on any atom is 0.0789 e. The SMILES string of the molecule is Cc1nc2c(ccc3ccccc32)c2c1Cc1ccccc1-2. The van der Waals surface area contributed by atoms with Crippen LogP contribution in [0.15, 0.2) is 60.7 Å². The van der Waals surface area contributed by atoms with Gasteiger partial charge < -0.3 is 0 Å². The van der Waals surface area contributed by atoms with Crippen LogP contribution in [-0.4, -0.2) is 4.98 Å². The van der Waals surface area contributed by atoms with Crippen molar-refractivity contribution in [3.8, 4) is 11.1 Å². The lowest BCUT2D eigenvalue weighted by Crippen LogP contribution is -1.94. The molecule has 1 nitrogen and oxygen atoms in total. The number of nitrogens with zero attached hydrogens (tertiary/aromatic N) is 1. The lowest BCUT2D eigenvalue weighted by molar-refractivity contribution is 1.15. The van der Waals surface area contributed by atoms with Gasteiger partial charge in [-0.25, -0.2) is 0 Å². The first kappa shape index (κ1) is 11.9. The predicted molar refractivity (Wildman–Crippen MR) is 92.2 cm³/mol. The molecule has 0 amide bonds. The van der Waals surface area contributed by atoms with Gasteiger partial charge in [0.1, 0.15) is 0 Å². The van der Waals surface area contributed by atoms with E-state index < -0.39 is 0 Å². The molecule has 1 aromatic heterocycles. The van der Waals surface area contributed by atoms with Gasteiger partial charge in [0.25, 0.3) is 0 Å². The molecule has 104 valence electrons. The maximum atomic E-state index is 4.96. The molecule has 1 heteroatoms. The summed E-state index contributed by atoms with van der Waals surface area (Å²) in [5, 5.41) is 3.78. The van der Waals surface area contributed by atoms with Crippen molar-refractivity contribution in [2.75, 3.05) is 0 Å². The summed E-state index contributed by atoms with van der Waals surface area (Å²) in [6, 6.07) is 21.7. The van der Waals surface area contributed by atoms with E-state index >= 15 is 0 Å². The summed E-state index contributed by atoms with van der Waals surface area (Å²) in [4.78, 5) is 4.96. The second-order valence-corrected chi connectivity index (χ2v) is 6.07. The van der Waals surface area contributed by atoms with Crippen LogP contribution in [0.2, 0.25) is 0 Å². The van der Waals surface area contributed by atoms with Crippen molar-refractivity contribution < 1.29 is 0 Å². The zero-order valence-electron chi connectivity index (χ0n) is 12.4. The fourth-order valence-electron chi connectivity index (χ4n) is 3.79. The molecule has 0 atom stereocenters. The molecule has 5 rings (SSSR count). The van der Waals surface area contributed by atoms with Gasteiger partial charge in [-0.05, 0) is 34.6 Å². The highest BCUT2D eigenvalue weighted by atomic mass is 14.7.